The Hall–Kier alpha value is 0.509. The minimum atomic E-state index is -4.17. The first kappa shape index (κ1) is 15.5. The number of hydrogen-bond acceptors (Lipinski definition) is 2. The van der Waals surface area contributed by atoms with Crippen LogP contribution in [0.15, 0.2) is 0 Å². The fourth-order valence-corrected chi connectivity index (χ4v) is 1.86. The molecule has 0 heterocycles. The van der Waals surface area contributed by atoms with E-state index in [1.165, 1.54) is 6.92 Å². The molecular formula is C9H17F3NOSn. The second kappa shape index (κ2) is 6.29. The van der Waals surface area contributed by atoms with Gasteiger partial charge in [0.25, 0.3) is 0 Å². The number of hydrogen-bond donors (Lipinski definition) is 0. The maximum atomic E-state index is 12.3. The van der Waals surface area contributed by atoms with E-state index in [2.05, 4.69) is 0 Å². The van der Waals surface area contributed by atoms with Crippen molar-refractivity contribution < 1.29 is 16.2 Å². The Morgan fingerprint density at radius 3 is 1.93 bits per heavy atom. The summed E-state index contributed by atoms with van der Waals surface area (Å²) in [5, 5.41) is 0. The molecule has 15 heavy (non-hydrogen) atoms. The van der Waals surface area contributed by atoms with Gasteiger partial charge in [-0.2, -0.15) is 0 Å². The molecule has 0 aromatic carbocycles. The number of nitrogens with zero attached hydrogens (tertiary/aromatic N) is 1. The molecule has 0 saturated carbocycles. The van der Waals surface area contributed by atoms with Gasteiger partial charge < -0.3 is 0 Å². The summed E-state index contributed by atoms with van der Waals surface area (Å²) in [6.45, 7) is 7.19. The first-order valence-corrected chi connectivity index (χ1v) is 6.06. The summed E-state index contributed by atoms with van der Waals surface area (Å²) in [4.78, 5) is 1.94. The van der Waals surface area contributed by atoms with Crippen LogP contribution in [0.1, 0.15) is 27.2 Å². The van der Waals surface area contributed by atoms with Crippen LogP contribution in [0.2, 0.25) is 0 Å². The molecule has 2 nitrogen and oxygen atoms in total. The molecule has 0 N–H and O–H groups in total. The van der Waals surface area contributed by atoms with E-state index in [1.54, 1.807) is 0 Å². The predicted molar refractivity (Wildman–Crippen MR) is 53.7 cm³/mol. The Bertz CT molecular complexity index is 185. The van der Waals surface area contributed by atoms with Crippen molar-refractivity contribution in [1.82, 2.24) is 4.90 Å². The predicted octanol–water partition coefficient (Wildman–Crippen LogP) is 2.14. The summed E-state index contributed by atoms with van der Waals surface area (Å²) in [5.41, 5.74) is -1.11. The van der Waals surface area contributed by atoms with Crippen LogP contribution in [0.5, 0.6) is 0 Å². The van der Waals surface area contributed by atoms with E-state index >= 15 is 0 Å². The zero-order valence-corrected chi connectivity index (χ0v) is 12.2. The normalized spacial score (nSPS) is 16.8. The zero-order chi connectivity index (χ0) is 12.1. The average molecular weight is 331 g/mol. The van der Waals surface area contributed by atoms with Crippen molar-refractivity contribution in [3.63, 3.8) is 0 Å². The summed E-state index contributed by atoms with van der Waals surface area (Å²) in [7, 11) is 0. The molecule has 0 saturated heterocycles. The molecule has 0 aromatic heterocycles. The van der Waals surface area contributed by atoms with Gasteiger partial charge in [0, 0.05) is 0 Å². The molecule has 0 amide bonds. The van der Waals surface area contributed by atoms with Crippen molar-refractivity contribution in [2.45, 2.75) is 39.0 Å². The van der Waals surface area contributed by atoms with Gasteiger partial charge >= 0.3 is 103 Å². The standard InChI is InChI=1S/C9H17F3NO.Sn/c1-4-13(5-2)7-8(3,14)6-9(10,11)12;/h4-7H2,1-3H3;/q-1;+1. The Kier molecular flexibility index (Phi) is 6.51. The van der Waals surface area contributed by atoms with E-state index in [0.29, 0.717) is 29.5 Å². The molecule has 0 bridgehead atoms. The van der Waals surface area contributed by atoms with Gasteiger partial charge in [0.2, 0.25) is 0 Å². The van der Waals surface area contributed by atoms with Crippen molar-refractivity contribution in [2.75, 3.05) is 19.6 Å². The third kappa shape index (κ3) is 6.63. The molecule has 0 spiro atoms. The van der Waals surface area contributed by atoms with Crippen molar-refractivity contribution in [3.05, 3.63) is 0 Å². The second-order valence-electron chi connectivity index (χ2n) is 3.81. The Morgan fingerprint density at radius 1 is 1.20 bits per heavy atom. The summed E-state index contributed by atoms with van der Waals surface area (Å²) >= 11 is 0.678. The molecule has 1 atom stereocenters. The summed E-state index contributed by atoms with van der Waals surface area (Å²) in [5.74, 6) is 0. The molecule has 0 aliphatic heterocycles. The topological polar surface area (TPSA) is 12.5 Å². The van der Waals surface area contributed by atoms with Crippen LogP contribution in [0.3, 0.4) is 0 Å². The SMILES string of the molecule is CCN(CC)CC(C)(CC(F)(F)F)[O][Sn]. The summed E-state index contributed by atoms with van der Waals surface area (Å²) < 4.78 is 42.0. The van der Waals surface area contributed by atoms with Crippen molar-refractivity contribution in [1.29, 1.82) is 0 Å². The van der Waals surface area contributed by atoms with E-state index in [1.807, 2.05) is 18.7 Å². The van der Waals surface area contributed by atoms with Crippen LogP contribution in [0.4, 0.5) is 13.2 Å². The summed E-state index contributed by atoms with van der Waals surface area (Å²) in [6.07, 6.45) is -5.06. The number of halogens is 3. The van der Waals surface area contributed by atoms with E-state index < -0.39 is 18.2 Å². The first-order chi connectivity index (χ1) is 6.76. The molecule has 1 unspecified atom stereocenters. The summed E-state index contributed by atoms with van der Waals surface area (Å²) in [6, 6.07) is 0. The monoisotopic (exact) mass is 332 g/mol. The van der Waals surface area contributed by atoms with Crippen LogP contribution >= 0.6 is 0 Å². The van der Waals surface area contributed by atoms with Gasteiger partial charge in [0.15, 0.2) is 0 Å². The van der Waals surface area contributed by atoms with Gasteiger partial charge in [-0.1, -0.05) is 0 Å². The zero-order valence-electron chi connectivity index (χ0n) is 9.32. The van der Waals surface area contributed by atoms with Gasteiger partial charge in [0.05, 0.1) is 0 Å². The van der Waals surface area contributed by atoms with Crippen molar-refractivity contribution in [3.8, 4) is 0 Å². The molecule has 6 heteroatoms. The van der Waals surface area contributed by atoms with Crippen LogP contribution in [0.25, 0.3) is 0 Å². The average Bonchev–Trinajstić information content (AvgIpc) is 2.11. The molecule has 0 aliphatic rings. The second-order valence-corrected chi connectivity index (χ2v) is 4.39. The van der Waals surface area contributed by atoms with Gasteiger partial charge in [-0.3, -0.25) is 0 Å². The molecule has 0 aliphatic carbocycles. The third-order valence-corrected chi connectivity index (χ3v) is 3.68. The quantitative estimate of drug-likeness (QED) is 0.692. The van der Waals surface area contributed by atoms with Gasteiger partial charge in [0.1, 0.15) is 0 Å². The van der Waals surface area contributed by atoms with Gasteiger partial charge in [-0.15, -0.1) is 0 Å². The molecule has 3 radical (unpaired) electrons. The number of alkyl halides is 3. The third-order valence-electron chi connectivity index (χ3n) is 2.27. The first-order valence-electron chi connectivity index (χ1n) is 4.90. The van der Waals surface area contributed by atoms with Gasteiger partial charge in [-0.05, 0) is 0 Å². The fraction of sp³-hybridized carbons (Fsp3) is 1.00. The van der Waals surface area contributed by atoms with Gasteiger partial charge in [-0.25, -0.2) is 0 Å². The van der Waals surface area contributed by atoms with Crippen LogP contribution in [-0.4, -0.2) is 59.3 Å². The Labute approximate surface area is 103 Å². The molecule has 0 aromatic rings. The van der Waals surface area contributed by atoms with E-state index in [9.17, 15) is 13.2 Å². The number of likely N-dealkylation sites (N-methyl/N-ethyl adjacent to an activating group) is 1. The van der Waals surface area contributed by atoms with Crippen molar-refractivity contribution in [2.24, 2.45) is 0 Å². The van der Waals surface area contributed by atoms with E-state index in [-0.39, 0.29) is 0 Å². The van der Waals surface area contributed by atoms with E-state index in [4.69, 9.17) is 3.07 Å². The Balaban J connectivity index is 4.42. The maximum absolute atomic E-state index is 12.3. The van der Waals surface area contributed by atoms with Crippen LogP contribution in [-0.2, 0) is 3.07 Å². The minimum absolute atomic E-state index is 0.324. The molecule has 0 fully saturated rings. The van der Waals surface area contributed by atoms with Crippen molar-refractivity contribution >= 4 is 22.9 Å². The van der Waals surface area contributed by atoms with Crippen LogP contribution < -0.4 is 0 Å². The number of rotatable bonds is 6. The van der Waals surface area contributed by atoms with E-state index in [0.717, 1.165) is 13.1 Å². The fourth-order valence-electron chi connectivity index (χ4n) is 1.47. The molecular weight excluding hydrogens is 314 g/mol. The molecule has 0 rings (SSSR count). The molecule has 89 valence electrons. The van der Waals surface area contributed by atoms with Crippen LogP contribution in [0, 0.1) is 0 Å². The Morgan fingerprint density at radius 2 is 1.67 bits per heavy atom.